The molecule has 0 saturated heterocycles. The van der Waals surface area contributed by atoms with E-state index in [9.17, 15) is 26.0 Å². The Hall–Kier alpha value is -3.11. The van der Waals surface area contributed by atoms with Crippen LogP contribution >= 0.6 is 0 Å². The SMILES string of the molecule is NS(=O)(=O)c1ccc(-c2cc3c(cc2-c2ccc(C(F)(F)F)c(F)c2)OCO3)cc1. The molecule has 0 aliphatic carbocycles. The van der Waals surface area contributed by atoms with Crippen LogP contribution in [0, 0.1) is 5.82 Å². The van der Waals surface area contributed by atoms with Gasteiger partial charge in [-0.05, 0) is 58.7 Å². The summed E-state index contributed by atoms with van der Waals surface area (Å²) >= 11 is 0. The van der Waals surface area contributed by atoms with Crippen LogP contribution in [0.25, 0.3) is 22.3 Å². The van der Waals surface area contributed by atoms with Crippen LogP contribution in [0.2, 0.25) is 0 Å². The van der Waals surface area contributed by atoms with Gasteiger partial charge in [-0.25, -0.2) is 17.9 Å². The average molecular weight is 439 g/mol. The zero-order chi connectivity index (χ0) is 21.7. The molecule has 0 bridgehead atoms. The summed E-state index contributed by atoms with van der Waals surface area (Å²) in [5, 5.41) is 5.11. The number of fused-ring (bicyclic) bond motifs is 1. The zero-order valence-electron chi connectivity index (χ0n) is 15.0. The highest BCUT2D eigenvalue weighted by Crippen LogP contribution is 2.44. The zero-order valence-corrected chi connectivity index (χ0v) is 15.9. The van der Waals surface area contributed by atoms with Crippen molar-refractivity contribution < 1.29 is 35.5 Å². The highest BCUT2D eigenvalue weighted by atomic mass is 32.2. The van der Waals surface area contributed by atoms with E-state index in [4.69, 9.17) is 14.6 Å². The Balaban J connectivity index is 1.88. The Morgan fingerprint density at radius 3 is 1.87 bits per heavy atom. The molecule has 0 unspecified atom stereocenters. The summed E-state index contributed by atoms with van der Waals surface area (Å²) < 4.78 is 86.5. The first kappa shape index (κ1) is 20.2. The predicted molar refractivity (Wildman–Crippen MR) is 99.8 cm³/mol. The summed E-state index contributed by atoms with van der Waals surface area (Å²) in [4.78, 5) is -0.103. The minimum atomic E-state index is -4.82. The van der Waals surface area contributed by atoms with Crippen LogP contribution in [-0.4, -0.2) is 15.2 Å². The number of halogens is 4. The molecule has 2 N–H and O–H groups in total. The van der Waals surface area contributed by atoms with Crippen molar-refractivity contribution in [3.8, 4) is 33.8 Å². The first-order valence-corrected chi connectivity index (χ1v) is 10.0. The van der Waals surface area contributed by atoms with E-state index in [1.54, 1.807) is 6.07 Å². The predicted octanol–water partition coefficient (Wildman–Crippen LogP) is 4.55. The number of hydrogen-bond acceptors (Lipinski definition) is 4. The quantitative estimate of drug-likeness (QED) is 0.607. The van der Waals surface area contributed by atoms with Gasteiger partial charge in [0.15, 0.2) is 11.5 Å². The van der Waals surface area contributed by atoms with Crippen LogP contribution in [-0.2, 0) is 16.2 Å². The van der Waals surface area contributed by atoms with Crippen molar-refractivity contribution >= 4 is 10.0 Å². The van der Waals surface area contributed by atoms with Crippen molar-refractivity contribution in [3.63, 3.8) is 0 Å². The van der Waals surface area contributed by atoms with E-state index in [1.807, 2.05) is 0 Å². The van der Waals surface area contributed by atoms with Crippen LogP contribution in [0.1, 0.15) is 5.56 Å². The number of rotatable bonds is 3. The maximum Gasteiger partial charge on any atom is 0.419 e. The molecule has 156 valence electrons. The molecule has 0 radical (unpaired) electrons. The van der Waals surface area contributed by atoms with Gasteiger partial charge in [0.25, 0.3) is 0 Å². The molecule has 0 fully saturated rings. The number of alkyl halides is 3. The number of primary sulfonamides is 1. The van der Waals surface area contributed by atoms with Crippen molar-refractivity contribution in [2.45, 2.75) is 11.1 Å². The maximum absolute atomic E-state index is 14.2. The molecule has 0 atom stereocenters. The smallest absolute Gasteiger partial charge is 0.419 e. The minimum Gasteiger partial charge on any atom is -0.454 e. The number of nitrogens with two attached hydrogens (primary N) is 1. The summed E-state index contributed by atoms with van der Waals surface area (Å²) in [7, 11) is -3.90. The van der Waals surface area contributed by atoms with Crippen molar-refractivity contribution in [1.82, 2.24) is 0 Å². The van der Waals surface area contributed by atoms with Gasteiger partial charge in [0.05, 0.1) is 10.5 Å². The normalized spacial score (nSPS) is 13.5. The fraction of sp³-hybridized carbons (Fsp3) is 0.100. The second-order valence-corrected chi connectivity index (χ2v) is 8.07. The largest absolute Gasteiger partial charge is 0.454 e. The molecule has 10 heteroatoms. The van der Waals surface area contributed by atoms with Gasteiger partial charge in [-0.2, -0.15) is 13.2 Å². The Kier molecular flexibility index (Phi) is 4.70. The summed E-state index contributed by atoms with van der Waals surface area (Å²) in [5.74, 6) is -0.653. The van der Waals surface area contributed by atoms with Crippen molar-refractivity contribution in [2.24, 2.45) is 5.14 Å². The Morgan fingerprint density at radius 1 is 0.833 bits per heavy atom. The molecule has 4 rings (SSSR count). The Labute approximate surface area is 168 Å². The molecule has 5 nitrogen and oxygen atoms in total. The van der Waals surface area contributed by atoms with E-state index in [2.05, 4.69) is 0 Å². The number of hydrogen-bond donors (Lipinski definition) is 1. The van der Waals surface area contributed by atoms with Gasteiger partial charge in [0.2, 0.25) is 16.8 Å². The molecular weight excluding hydrogens is 426 g/mol. The molecule has 0 spiro atoms. The number of benzene rings is 3. The summed E-state index contributed by atoms with van der Waals surface area (Å²) in [6, 6.07) is 11.3. The van der Waals surface area contributed by atoms with Crippen molar-refractivity contribution in [3.05, 3.63) is 66.0 Å². The highest BCUT2D eigenvalue weighted by Gasteiger charge is 2.34. The molecule has 3 aromatic rings. The lowest BCUT2D eigenvalue weighted by molar-refractivity contribution is -0.139. The van der Waals surface area contributed by atoms with Crippen molar-refractivity contribution in [2.75, 3.05) is 6.79 Å². The summed E-state index contributed by atoms with van der Waals surface area (Å²) in [5.41, 5.74) is 0.209. The third-order valence-corrected chi connectivity index (χ3v) is 5.52. The van der Waals surface area contributed by atoms with Crippen LogP contribution < -0.4 is 14.6 Å². The van der Waals surface area contributed by atoms with Crippen molar-refractivity contribution in [1.29, 1.82) is 0 Å². The monoisotopic (exact) mass is 439 g/mol. The topological polar surface area (TPSA) is 78.6 Å². The fourth-order valence-corrected chi connectivity index (χ4v) is 3.67. The van der Waals surface area contributed by atoms with E-state index in [1.165, 1.54) is 30.3 Å². The van der Waals surface area contributed by atoms with Gasteiger partial charge >= 0.3 is 6.18 Å². The van der Waals surface area contributed by atoms with Gasteiger partial charge in [-0.3, -0.25) is 0 Å². The summed E-state index contributed by atoms with van der Waals surface area (Å²) in [6.07, 6.45) is -4.82. The maximum atomic E-state index is 14.2. The van der Waals surface area contributed by atoms with Gasteiger partial charge in [0, 0.05) is 0 Å². The van der Waals surface area contributed by atoms with E-state index in [0.29, 0.717) is 34.3 Å². The number of ether oxygens (including phenoxy) is 2. The molecular formula is C20H13F4NO4S. The average Bonchev–Trinajstić information content (AvgIpc) is 3.13. The van der Waals surface area contributed by atoms with E-state index >= 15 is 0 Å². The molecule has 1 heterocycles. The molecule has 1 aliphatic rings. The first-order valence-electron chi connectivity index (χ1n) is 8.48. The Morgan fingerprint density at radius 2 is 1.37 bits per heavy atom. The number of sulfonamides is 1. The second kappa shape index (κ2) is 6.99. The van der Waals surface area contributed by atoms with E-state index < -0.39 is 27.6 Å². The van der Waals surface area contributed by atoms with Gasteiger partial charge < -0.3 is 9.47 Å². The second-order valence-electron chi connectivity index (χ2n) is 6.51. The molecule has 0 amide bonds. The summed E-state index contributed by atoms with van der Waals surface area (Å²) in [6.45, 7) is -0.0377. The van der Waals surface area contributed by atoms with Crippen LogP contribution in [0.5, 0.6) is 11.5 Å². The van der Waals surface area contributed by atoms with Crippen LogP contribution in [0.15, 0.2) is 59.5 Å². The minimum absolute atomic E-state index is 0.0377. The lowest BCUT2D eigenvalue weighted by Crippen LogP contribution is -2.11. The molecule has 0 aromatic heterocycles. The standard InChI is InChI=1S/C20H13F4NO4S/c21-17-7-12(3-6-16(17)20(22,23)24)15-9-19-18(28-10-29-19)8-14(15)11-1-4-13(5-2-11)30(25,26)27/h1-9H,10H2,(H2,25,26,27). The van der Waals surface area contributed by atoms with Crippen LogP contribution in [0.4, 0.5) is 17.6 Å². The van der Waals surface area contributed by atoms with Gasteiger partial charge in [-0.1, -0.05) is 18.2 Å². The molecule has 0 saturated carbocycles. The third-order valence-electron chi connectivity index (χ3n) is 4.59. The van der Waals surface area contributed by atoms with Gasteiger partial charge in [-0.15, -0.1) is 0 Å². The lowest BCUT2D eigenvalue weighted by Gasteiger charge is -2.14. The van der Waals surface area contributed by atoms with Crippen LogP contribution in [0.3, 0.4) is 0 Å². The molecule has 3 aromatic carbocycles. The van der Waals surface area contributed by atoms with Gasteiger partial charge in [0.1, 0.15) is 5.82 Å². The van der Waals surface area contributed by atoms with E-state index in [-0.39, 0.29) is 17.3 Å². The lowest BCUT2D eigenvalue weighted by atomic mass is 9.93. The molecule has 1 aliphatic heterocycles. The Bertz CT molecular complexity index is 1240. The highest BCUT2D eigenvalue weighted by molar-refractivity contribution is 7.89. The first-order chi connectivity index (χ1) is 14.0. The molecule has 30 heavy (non-hydrogen) atoms. The fourth-order valence-electron chi connectivity index (χ4n) is 3.16. The van der Waals surface area contributed by atoms with E-state index in [0.717, 1.165) is 12.1 Å². The third kappa shape index (κ3) is 3.71.